The average Bonchev–Trinajstić information content (AvgIpc) is 2.97. The summed E-state index contributed by atoms with van der Waals surface area (Å²) in [6.07, 6.45) is 4.08. The Balaban J connectivity index is 2.13. The highest BCUT2D eigenvalue weighted by atomic mass is 32.1. The Labute approximate surface area is 151 Å². The Bertz CT molecular complexity index is 641. The van der Waals surface area contributed by atoms with Gasteiger partial charge in [0, 0.05) is 25.0 Å². The molecule has 1 aliphatic rings. The van der Waals surface area contributed by atoms with E-state index in [9.17, 15) is 14.4 Å². The highest BCUT2D eigenvalue weighted by Crippen LogP contribution is 2.38. The Morgan fingerprint density at radius 1 is 1.20 bits per heavy atom. The van der Waals surface area contributed by atoms with Gasteiger partial charge in [-0.3, -0.25) is 14.4 Å². The van der Waals surface area contributed by atoms with E-state index in [0.717, 1.165) is 36.1 Å². The van der Waals surface area contributed by atoms with Crippen LogP contribution >= 0.6 is 11.3 Å². The fraction of sp³-hybridized carbons (Fsp3) is 0.588. The minimum Gasteiger partial charge on any atom is -0.456 e. The molecule has 0 aliphatic heterocycles. The quantitative estimate of drug-likeness (QED) is 0.540. The van der Waals surface area contributed by atoms with Gasteiger partial charge in [0.15, 0.2) is 6.61 Å². The Kier molecular flexibility index (Phi) is 7.39. The molecule has 0 aromatic carbocycles. The first kappa shape index (κ1) is 19.4. The van der Waals surface area contributed by atoms with Gasteiger partial charge in [0.25, 0.3) is 11.8 Å². The first-order chi connectivity index (χ1) is 12.1. The first-order valence-corrected chi connectivity index (χ1v) is 9.25. The molecule has 1 aromatic heterocycles. The van der Waals surface area contributed by atoms with Crippen LogP contribution in [0.4, 0.5) is 5.00 Å². The third-order valence-corrected chi connectivity index (χ3v) is 5.10. The van der Waals surface area contributed by atoms with Crippen LogP contribution in [0.25, 0.3) is 0 Å². The largest absolute Gasteiger partial charge is 0.456 e. The van der Waals surface area contributed by atoms with Crippen molar-refractivity contribution in [1.29, 1.82) is 0 Å². The summed E-state index contributed by atoms with van der Waals surface area (Å²) in [5, 5.41) is 6.07. The van der Waals surface area contributed by atoms with Gasteiger partial charge in [-0.25, -0.2) is 0 Å². The molecule has 1 aromatic rings. The summed E-state index contributed by atoms with van der Waals surface area (Å²) in [7, 11) is 1.57. The average molecular weight is 368 g/mol. The van der Waals surface area contributed by atoms with Crippen LogP contribution in [0.2, 0.25) is 0 Å². The number of nitrogens with one attached hydrogen (secondary N) is 2. The fourth-order valence-electron chi connectivity index (χ4n) is 2.66. The highest BCUT2D eigenvalue weighted by molar-refractivity contribution is 7.17. The number of anilines is 1. The molecule has 2 amide bonds. The zero-order valence-electron chi connectivity index (χ0n) is 14.6. The molecular weight excluding hydrogens is 344 g/mol. The maximum absolute atomic E-state index is 12.6. The number of ether oxygens (including phenoxy) is 2. The SMILES string of the molecule is CCC(=O)OCC(=O)Nc1sc2c(c1C(=O)NCCOC)CCCC2. The number of aryl methyl sites for hydroxylation is 1. The number of carbonyl (C=O) groups is 3. The van der Waals surface area contributed by atoms with Gasteiger partial charge in [0.1, 0.15) is 5.00 Å². The Hall–Kier alpha value is -1.93. The molecule has 0 fully saturated rings. The zero-order valence-corrected chi connectivity index (χ0v) is 15.4. The topological polar surface area (TPSA) is 93.7 Å². The van der Waals surface area contributed by atoms with E-state index in [2.05, 4.69) is 10.6 Å². The number of thiophene rings is 1. The molecule has 0 saturated heterocycles. The highest BCUT2D eigenvalue weighted by Gasteiger charge is 2.26. The van der Waals surface area contributed by atoms with Crippen molar-refractivity contribution in [2.45, 2.75) is 39.0 Å². The molecule has 0 radical (unpaired) electrons. The van der Waals surface area contributed by atoms with Crippen molar-refractivity contribution in [3.8, 4) is 0 Å². The summed E-state index contributed by atoms with van der Waals surface area (Å²) in [6.45, 7) is 2.14. The van der Waals surface area contributed by atoms with E-state index < -0.39 is 11.9 Å². The van der Waals surface area contributed by atoms with Gasteiger partial charge in [-0.2, -0.15) is 0 Å². The maximum Gasteiger partial charge on any atom is 0.306 e. The molecular formula is C17H24N2O5S. The molecule has 1 heterocycles. The third kappa shape index (κ3) is 5.27. The predicted molar refractivity (Wildman–Crippen MR) is 95.0 cm³/mol. The number of carbonyl (C=O) groups excluding carboxylic acids is 3. The van der Waals surface area contributed by atoms with E-state index in [1.165, 1.54) is 11.3 Å². The summed E-state index contributed by atoms with van der Waals surface area (Å²) in [5.41, 5.74) is 1.55. The monoisotopic (exact) mass is 368 g/mol. The molecule has 0 spiro atoms. The van der Waals surface area contributed by atoms with Gasteiger partial charge in [0.2, 0.25) is 0 Å². The lowest BCUT2D eigenvalue weighted by atomic mass is 9.95. The van der Waals surface area contributed by atoms with Crippen molar-refractivity contribution in [2.24, 2.45) is 0 Å². The van der Waals surface area contributed by atoms with Gasteiger partial charge in [-0.1, -0.05) is 6.92 Å². The summed E-state index contributed by atoms with van der Waals surface area (Å²) >= 11 is 1.43. The van der Waals surface area contributed by atoms with Crippen molar-refractivity contribution in [2.75, 3.05) is 32.2 Å². The molecule has 2 rings (SSSR count). The van der Waals surface area contributed by atoms with Gasteiger partial charge < -0.3 is 20.1 Å². The molecule has 0 saturated carbocycles. The standard InChI is InChI=1S/C17H24N2O5S/c1-3-14(21)24-10-13(20)19-17-15(16(22)18-8-9-23-2)11-6-4-5-7-12(11)25-17/h3-10H2,1-2H3,(H,18,22)(H,19,20). The van der Waals surface area contributed by atoms with E-state index in [1.54, 1.807) is 14.0 Å². The van der Waals surface area contributed by atoms with E-state index in [1.807, 2.05) is 0 Å². The zero-order chi connectivity index (χ0) is 18.2. The van der Waals surface area contributed by atoms with E-state index in [0.29, 0.717) is 23.7 Å². The summed E-state index contributed by atoms with van der Waals surface area (Å²) in [4.78, 5) is 36.9. The number of amides is 2. The molecule has 138 valence electrons. The van der Waals surface area contributed by atoms with E-state index >= 15 is 0 Å². The van der Waals surface area contributed by atoms with Crippen LogP contribution in [-0.2, 0) is 31.9 Å². The van der Waals surface area contributed by atoms with Crippen molar-refractivity contribution in [1.82, 2.24) is 5.32 Å². The predicted octanol–water partition coefficient (Wildman–Crippen LogP) is 1.89. The second kappa shape index (κ2) is 9.53. The smallest absolute Gasteiger partial charge is 0.306 e. The molecule has 8 heteroatoms. The number of fused-ring (bicyclic) bond motifs is 1. The lowest BCUT2D eigenvalue weighted by molar-refractivity contribution is -0.146. The van der Waals surface area contributed by atoms with Crippen LogP contribution in [0.1, 0.15) is 47.0 Å². The molecule has 7 nitrogen and oxygen atoms in total. The molecule has 0 bridgehead atoms. The summed E-state index contributed by atoms with van der Waals surface area (Å²) in [6, 6.07) is 0. The molecule has 0 atom stereocenters. The van der Waals surface area contributed by atoms with Crippen LogP contribution in [-0.4, -0.2) is 44.7 Å². The second-order valence-electron chi connectivity index (χ2n) is 5.73. The maximum atomic E-state index is 12.6. The number of methoxy groups -OCH3 is 1. The number of rotatable bonds is 8. The third-order valence-electron chi connectivity index (χ3n) is 3.90. The van der Waals surface area contributed by atoms with Crippen LogP contribution in [0, 0.1) is 0 Å². The first-order valence-electron chi connectivity index (χ1n) is 8.44. The molecule has 1 aliphatic carbocycles. The van der Waals surface area contributed by atoms with E-state index in [-0.39, 0.29) is 18.9 Å². The van der Waals surface area contributed by atoms with Crippen molar-refractivity contribution >= 4 is 34.1 Å². The van der Waals surface area contributed by atoms with Crippen LogP contribution < -0.4 is 10.6 Å². The van der Waals surface area contributed by atoms with Crippen molar-refractivity contribution < 1.29 is 23.9 Å². The van der Waals surface area contributed by atoms with E-state index in [4.69, 9.17) is 9.47 Å². The van der Waals surface area contributed by atoms with Gasteiger partial charge in [-0.15, -0.1) is 11.3 Å². The number of hydrogen-bond donors (Lipinski definition) is 2. The lowest BCUT2D eigenvalue weighted by Gasteiger charge is -2.13. The van der Waals surface area contributed by atoms with Gasteiger partial charge in [0.05, 0.1) is 12.2 Å². The summed E-state index contributed by atoms with van der Waals surface area (Å²) < 4.78 is 9.80. The van der Waals surface area contributed by atoms with Crippen LogP contribution in [0.5, 0.6) is 0 Å². The van der Waals surface area contributed by atoms with Crippen LogP contribution in [0.3, 0.4) is 0 Å². The molecule has 25 heavy (non-hydrogen) atoms. The molecule has 0 unspecified atom stereocenters. The fourth-order valence-corrected chi connectivity index (χ4v) is 3.96. The Morgan fingerprint density at radius 3 is 2.68 bits per heavy atom. The van der Waals surface area contributed by atoms with Gasteiger partial charge in [-0.05, 0) is 31.2 Å². The minimum atomic E-state index is -0.439. The number of hydrogen-bond acceptors (Lipinski definition) is 6. The Morgan fingerprint density at radius 2 is 1.96 bits per heavy atom. The number of esters is 1. The van der Waals surface area contributed by atoms with Crippen molar-refractivity contribution in [3.05, 3.63) is 16.0 Å². The van der Waals surface area contributed by atoms with Crippen LogP contribution in [0.15, 0.2) is 0 Å². The van der Waals surface area contributed by atoms with Gasteiger partial charge >= 0.3 is 5.97 Å². The molecule has 2 N–H and O–H groups in total. The second-order valence-corrected chi connectivity index (χ2v) is 6.83. The lowest BCUT2D eigenvalue weighted by Crippen LogP contribution is -2.29. The summed E-state index contributed by atoms with van der Waals surface area (Å²) in [5.74, 6) is -1.08. The normalized spacial score (nSPS) is 13.0. The minimum absolute atomic E-state index is 0.211. The van der Waals surface area contributed by atoms with Crippen molar-refractivity contribution in [3.63, 3.8) is 0 Å².